The van der Waals surface area contributed by atoms with Crippen molar-refractivity contribution in [3.63, 3.8) is 0 Å². The molecule has 0 saturated carbocycles. The zero-order chi connectivity index (χ0) is 9.38. The van der Waals surface area contributed by atoms with E-state index in [1.165, 1.54) is 0 Å². The fourth-order valence-electron chi connectivity index (χ4n) is 1.78. The van der Waals surface area contributed by atoms with E-state index in [1.54, 1.807) is 0 Å². The Morgan fingerprint density at radius 2 is 1.79 bits per heavy atom. The van der Waals surface area contributed by atoms with Gasteiger partial charge in [-0.2, -0.15) is 0 Å². The van der Waals surface area contributed by atoms with Crippen molar-refractivity contribution in [1.29, 1.82) is 0 Å². The second kappa shape index (κ2) is 2.91. The van der Waals surface area contributed by atoms with Crippen LogP contribution in [0.2, 0.25) is 0 Å². The van der Waals surface area contributed by atoms with Gasteiger partial charge in [0, 0.05) is 5.56 Å². The van der Waals surface area contributed by atoms with Gasteiger partial charge in [-0.1, -0.05) is 6.08 Å². The summed E-state index contributed by atoms with van der Waals surface area (Å²) in [5, 5.41) is 0. The van der Waals surface area contributed by atoms with E-state index in [1.807, 2.05) is 24.3 Å². The van der Waals surface area contributed by atoms with Gasteiger partial charge in [0.2, 0.25) is 0 Å². The van der Waals surface area contributed by atoms with Gasteiger partial charge in [0.15, 0.2) is 0 Å². The molecule has 0 atom stereocenters. The Morgan fingerprint density at radius 1 is 0.929 bits per heavy atom. The molecule has 2 aliphatic rings. The van der Waals surface area contributed by atoms with Crippen LogP contribution in [-0.2, 0) is 0 Å². The van der Waals surface area contributed by atoms with Crippen molar-refractivity contribution in [2.45, 2.75) is 0 Å². The summed E-state index contributed by atoms with van der Waals surface area (Å²) in [6.07, 6.45) is 8.17. The minimum atomic E-state index is 0.650. The van der Waals surface area contributed by atoms with Crippen LogP contribution in [0.15, 0.2) is 24.3 Å². The monoisotopic (exact) mass is 186 g/mol. The molecule has 1 aromatic rings. The number of ether oxygens (including phenoxy) is 2. The van der Waals surface area contributed by atoms with Gasteiger partial charge >= 0.3 is 0 Å². The molecule has 70 valence electrons. The molecule has 0 aromatic heterocycles. The van der Waals surface area contributed by atoms with E-state index in [2.05, 4.69) is 12.2 Å². The summed E-state index contributed by atoms with van der Waals surface area (Å²) in [4.78, 5) is 0. The van der Waals surface area contributed by atoms with Crippen molar-refractivity contribution in [3.05, 3.63) is 35.4 Å². The molecule has 0 fully saturated rings. The van der Waals surface area contributed by atoms with Gasteiger partial charge in [-0.3, -0.25) is 0 Å². The van der Waals surface area contributed by atoms with E-state index in [9.17, 15) is 0 Å². The van der Waals surface area contributed by atoms with Crippen LogP contribution in [0.1, 0.15) is 11.1 Å². The quantitative estimate of drug-likeness (QED) is 0.619. The van der Waals surface area contributed by atoms with Gasteiger partial charge < -0.3 is 9.47 Å². The van der Waals surface area contributed by atoms with Crippen molar-refractivity contribution < 1.29 is 9.47 Å². The summed E-state index contributed by atoms with van der Waals surface area (Å²) in [5.74, 6) is 1.86. The average molecular weight is 186 g/mol. The summed E-state index contributed by atoms with van der Waals surface area (Å²) in [6, 6.07) is 4.03. The first-order valence-corrected chi connectivity index (χ1v) is 4.71. The second-order valence-corrected chi connectivity index (χ2v) is 3.32. The minimum Gasteiger partial charge on any atom is -0.489 e. The molecule has 3 rings (SSSR count). The SMILES string of the molecule is C1=Cc2c(ccc3c2OCC=C3)OC1. The van der Waals surface area contributed by atoms with Crippen molar-refractivity contribution in [3.8, 4) is 11.5 Å². The van der Waals surface area contributed by atoms with Crippen LogP contribution < -0.4 is 9.47 Å². The van der Waals surface area contributed by atoms with Gasteiger partial charge in [0.1, 0.15) is 24.7 Å². The van der Waals surface area contributed by atoms with Gasteiger partial charge in [0.05, 0.1) is 5.56 Å². The van der Waals surface area contributed by atoms with Crippen LogP contribution in [0.25, 0.3) is 12.2 Å². The largest absolute Gasteiger partial charge is 0.489 e. The first-order chi connectivity index (χ1) is 6.95. The van der Waals surface area contributed by atoms with Gasteiger partial charge in [-0.25, -0.2) is 0 Å². The first kappa shape index (κ1) is 7.68. The third-order valence-corrected chi connectivity index (χ3v) is 2.43. The molecule has 2 nitrogen and oxygen atoms in total. The highest BCUT2D eigenvalue weighted by atomic mass is 16.5. The molecule has 0 saturated heterocycles. The Labute approximate surface area is 82.5 Å². The molecule has 0 unspecified atom stereocenters. The molecule has 0 aliphatic carbocycles. The zero-order valence-electron chi connectivity index (χ0n) is 7.69. The number of benzene rings is 1. The van der Waals surface area contributed by atoms with Crippen LogP contribution in [0.3, 0.4) is 0 Å². The summed E-state index contributed by atoms with van der Waals surface area (Å²) in [6.45, 7) is 1.30. The highest BCUT2D eigenvalue weighted by Crippen LogP contribution is 2.37. The molecule has 0 bridgehead atoms. The smallest absolute Gasteiger partial charge is 0.137 e. The summed E-state index contributed by atoms with van der Waals surface area (Å²) < 4.78 is 11.1. The Balaban J connectivity index is 2.24. The molecule has 0 radical (unpaired) electrons. The third kappa shape index (κ3) is 1.04. The van der Waals surface area contributed by atoms with Crippen molar-refractivity contribution >= 4 is 12.2 Å². The highest BCUT2D eigenvalue weighted by Gasteiger charge is 2.15. The van der Waals surface area contributed by atoms with E-state index in [0.29, 0.717) is 13.2 Å². The molecule has 0 amide bonds. The molecular formula is C12H10O2. The lowest BCUT2D eigenvalue weighted by atomic mass is 10.0. The summed E-state index contributed by atoms with van der Waals surface area (Å²) in [5.41, 5.74) is 2.20. The van der Waals surface area contributed by atoms with Crippen molar-refractivity contribution in [2.75, 3.05) is 13.2 Å². The predicted molar refractivity (Wildman–Crippen MR) is 55.5 cm³/mol. The van der Waals surface area contributed by atoms with Crippen LogP contribution in [0, 0.1) is 0 Å². The van der Waals surface area contributed by atoms with Gasteiger partial charge in [-0.05, 0) is 30.4 Å². The molecule has 0 N–H and O–H groups in total. The maximum Gasteiger partial charge on any atom is 0.137 e. The topological polar surface area (TPSA) is 18.5 Å². The Bertz CT molecular complexity index is 430. The summed E-state index contributed by atoms with van der Waals surface area (Å²) >= 11 is 0. The Kier molecular flexibility index (Phi) is 1.60. The van der Waals surface area contributed by atoms with Crippen LogP contribution in [-0.4, -0.2) is 13.2 Å². The molecule has 2 heteroatoms. The van der Waals surface area contributed by atoms with Gasteiger partial charge in [0.25, 0.3) is 0 Å². The van der Waals surface area contributed by atoms with E-state index in [-0.39, 0.29) is 0 Å². The van der Waals surface area contributed by atoms with Crippen molar-refractivity contribution in [1.82, 2.24) is 0 Å². The fourth-order valence-corrected chi connectivity index (χ4v) is 1.78. The molecule has 14 heavy (non-hydrogen) atoms. The van der Waals surface area contributed by atoms with E-state index >= 15 is 0 Å². The number of hydrogen-bond acceptors (Lipinski definition) is 2. The van der Waals surface area contributed by atoms with Crippen LogP contribution in [0.4, 0.5) is 0 Å². The Hall–Kier alpha value is -1.70. The fraction of sp³-hybridized carbons (Fsp3) is 0.167. The molecular weight excluding hydrogens is 176 g/mol. The first-order valence-electron chi connectivity index (χ1n) is 4.71. The number of fused-ring (bicyclic) bond motifs is 3. The third-order valence-electron chi connectivity index (χ3n) is 2.43. The van der Waals surface area contributed by atoms with Crippen LogP contribution in [0.5, 0.6) is 11.5 Å². The lowest BCUT2D eigenvalue weighted by molar-refractivity contribution is 0.337. The molecule has 2 aliphatic heterocycles. The number of rotatable bonds is 0. The molecule has 0 spiro atoms. The van der Waals surface area contributed by atoms with E-state index in [0.717, 1.165) is 22.6 Å². The maximum absolute atomic E-state index is 5.60. The molecule has 1 aromatic carbocycles. The summed E-state index contributed by atoms with van der Waals surface area (Å²) in [7, 11) is 0. The van der Waals surface area contributed by atoms with Gasteiger partial charge in [-0.15, -0.1) is 0 Å². The zero-order valence-corrected chi connectivity index (χ0v) is 7.69. The molecule has 2 heterocycles. The van der Waals surface area contributed by atoms with Crippen molar-refractivity contribution in [2.24, 2.45) is 0 Å². The average Bonchev–Trinajstić information content (AvgIpc) is 2.29. The second-order valence-electron chi connectivity index (χ2n) is 3.32. The maximum atomic E-state index is 5.60. The minimum absolute atomic E-state index is 0.650. The van der Waals surface area contributed by atoms with E-state index in [4.69, 9.17) is 9.47 Å². The number of hydrogen-bond donors (Lipinski definition) is 0. The lowest BCUT2D eigenvalue weighted by Crippen LogP contribution is -2.06. The standard InChI is InChI=1S/C12H10O2/c1-3-9-5-6-11-10(4-2-7-13-11)12(9)14-8-1/h1-6H,7-8H2. The van der Waals surface area contributed by atoms with Crippen LogP contribution >= 0.6 is 0 Å². The normalized spacial score (nSPS) is 16.6. The lowest BCUT2D eigenvalue weighted by Gasteiger charge is -2.20. The highest BCUT2D eigenvalue weighted by molar-refractivity contribution is 5.74. The predicted octanol–water partition coefficient (Wildman–Crippen LogP) is 2.50. The van der Waals surface area contributed by atoms with E-state index < -0.39 is 0 Å². The Morgan fingerprint density at radius 3 is 2.79 bits per heavy atom.